The van der Waals surface area contributed by atoms with Gasteiger partial charge < -0.3 is 19.1 Å². The number of nitrogens with zero attached hydrogens (tertiary/aromatic N) is 3. The summed E-state index contributed by atoms with van der Waals surface area (Å²) in [6.45, 7) is 2.80. The summed E-state index contributed by atoms with van der Waals surface area (Å²) in [5, 5.41) is 0. The van der Waals surface area contributed by atoms with Gasteiger partial charge in [-0.2, -0.15) is 0 Å². The number of halogens is 2. The summed E-state index contributed by atoms with van der Waals surface area (Å²) < 4.78 is 35.6. The van der Waals surface area contributed by atoms with Crippen molar-refractivity contribution in [1.29, 1.82) is 0 Å². The number of carbonyl (C=O) groups excluding carboxylic acids is 2. The van der Waals surface area contributed by atoms with E-state index in [9.17, 15) is 18.4 Å². The van der Waals surface area contributed by atoms with E-state index in [0.29, 0.717) is 50.0 Å². The van der Waals surface area contributed by atoms with Gasteiger partial charge in [0, 0.05) is 45.2 Å². The molecule has 6 nitrogen and oxygen atoms in total. The van der Waals surface area contributed by atoms with Crippen LogP contribution in [0.1, 0.15) is 53.3 Å². The van der Waals surface area contributed by atoms with Gasteiger partial charge in [-0.3, -0.25) is 9.59 Å². The summed E-state index contributed by atoms with van der Waals surface area (Å²) in [6, 6.07) is 4.88. The van der Waals surface area contributed by atoms with Gasteiger partial charge in [-0.1, -0.05) is 0 Å². The molecule has 1 aromatic heterocycles. The fourth-order valence-electron chi connectivity index (χ4n) is 5.32. The molecule has 2 aromatic rings. The number of ether oxygens (including phenoxy) is 1. The summed E-state index contributed by atoms with van der Waals surface area (Å²) in [5.41, 5.74) is 1.14. The van der Waals surface area contributed by atoms with Crippen LogP contribution in [0.15, 0.2) is 30.5 Å². The van der Waals surface area contributed by atoms with E-state index in [0.717, 1.165) is 11.6 Å². The molecule has 3 saturated heterocycles. The Labute approximate surface area is 179 Å². The van der Waals surface area contributed by atoms with Gasteiger partial charge in [-0.05, 0) is 49.1 Å². The molecule has 1 spiro atoms. The van der Waals surface area contributed by atoms with Crippen LogP contribution in [-0.4, -0.2) is 51.1 Å². The zero-order valence-corrected chi connectivity index (χ0v) is 17.6. The molecule has 3 aliphatic heterocycles. The van der Waals surface area contributed by atoms with E-state index in [-0.39, 0.29) is 18.0 Å². The lowest BCUT2D eigenvalue weighted by Crippen LogP contribution is -2.51. The van der Waals surface area contributed by atoms with Crippen LogP contribution < -0.4 is 0 Å². The summed E-state index contributed by atoms with van der Waals surface area (Å²) >= 11 is 0. The standard InChI is InChI=1S/C23H25F2N3O3/c1-14-9-19(26(2)13-14)21(29)27-7-5-23(6-8-27)22(30)28-18(3-4-20(28)31-23)15-10-16(24)12-17(25)11-15/h9-13,18,20H,3-8H2,1-2H3/t18-,20+/m0/s1. The summed E-state index contributed by atoms with van der Waals surface area (Å²) in [7, 11) is 1.85. The Balaban J connectivity index is 1.32. The molecule has 0 saturated carbocycles. The molecule has 0 bridgehead atoms. The topological polar surface area (TPSA) is 54.8 Å². The molecule has 0 N–H and O–H groups in total. The minimum Gasteiger partial charge on any atom is -0.346 e. The van der Waals surface area contributed by atoms with E-state index in [1.165, 1.54) is 12.1 Å². The van der Waals surface area contributed by atoms with Crippen molar-refractivity contribution in [1.82, 2.24) is 14.4 Å². The Morgan fingerprint density at radius 2 is 1.77 bits per heavy atom. The van der Waals surface area contributed by atoms with E-state index in [2.05, 4.69) is 0 Å². The summed E-state index contributed by atoms with van der Waals surface area (Å²) in [6.07, 6.45) is 3.58. The zero-order chi connectivity index (χ0) is 21.9. The van der Waals surface area contributed by atoms with Gasteiger partial charge in [0.05, 0.1) is 6.04 Å². The van der Waals surface area contributed by atoms with Crippen molar-refractivity contribution >= 4 is 11.8 Å². The van der Waals surface area contributed by atoms with Crippen LogP contribution in [0.5, 0.6) is 0 Å². The minimum absolute atomic E-state index is 0.0514. The highest BCUT2D eigenvalue weighted by molar-refractivity contribution is 5.94. The van der Waals surface area contributed by atoms with E-state index in [1.54, 1.807) is 9.80 Å². The molecule has 2 amide bonds. The molecule has 31 heavy (non-hydrogen) atoms. The second kappa shape index (κ2) is 7.15. The van der Waals surface area contributed by atoms with Crippen molar-refractivity contribution < 1.29 is 23.1 Å². The third kappa shape index (κ3) is 3.24. The monoisotopic (exact) mass is 429 g/mol. The van der Waals surface area contributed by atoms with Crippen molar-refractivity contribution in [3.05, 3.63) is 58.9 Å². The molecule has 0 aliphatic carbocycles. The Morgan fingerprint density at radius 1 is 1.10 bits per heavy atom. The Hall–Kier alpha value is -2.74. The number of fused-ring (bicyclic) bond motifs is 1. The molecule has 3 aliphatic rings. The van der Waals surface area contributed by atoms with Crippen molar-refractivity contribution in [2.45, 2.75) is 50.5 Å². The number of carbonyl (C=O) groups is 2. The molecular formula is C23H25F2N3O3. The van der Waals surface area contributed by atoms with Crippen molar-refractivity contribution in [3.8, 4) is 0 Å². The van der Waals surface area contributed by atoms with E-state index in [4.69, 9.17) is 4.74 Å². The predicted molar refractivity (Wildman–Crippen MR) is 108 cm³/mol. The van der Waals surface area contributed by atoms with Crippen LogP contribution in [0.4, 0.5) is 8.78 Å². The van der Waals surface area contributed by atoms with Crippen molar-refractivity contribution in [2.24, 2.45) is 7.05 Å². The van der Waals surface area contributed by atoms with Gasteiger partial charge in [-0.25, -0.2) is 8.78 Å². The first kappa shape index (κ1) is 20.2. The number of rotatable bonds is 2. The van der Waals surface area contributed by atoms with Crippen LogP contribution in [0.25, 0.3) is 0 Å². The molecular weight excluding hydrogens is 404 g/mol. The van der Waals surface area contributed by atoms with E-state index >= 15 is 0 Å². The Bertz CT molecular complexity index is 1040. The largest absolute Gasteiger partial charge is 0.346 e. The van der Waals surface area contributed by atoms with Crippen LogP contribution in [0.3, 0.4) is 0 Å². The second-order valence-electron chi connectivity index (χ2n) is 8.88. The quantitative estimate of drug-likeness (QED) is 0.736. The maximum atomic E-state index is 13.7. The normalized spacial score (nSPS) is 24.8. The van der Waals surface area contributed by atoms with E-state index < -0.39 is 23.3 Å². The highest BCUT2D eigenvalue weighted by atomic mass is 19.1. The first-order chi connectivity index (χ1) is 14.8. The predicted octanol–water partition coefficient (Wildman–Crippen LogP) is 3.31. The lowest BCUT2D eigenvalue weighted by atomic mass is 9.89. The SMILES string of the molecule is Cc1cc(C(=O)N2CCC3(CC2)O[C@@H]2CC[C@@H](c4cc(F)cc(F)c4)N2C3=O)n(C)c1. The van der Waals surface area contributed by atoms with Crippen molar-refractivity contribution in [2.75, 3.05) is 13.1 Å². The third-order valence-electron chi connectivity index (χ3n) is 6.81. The summed E-state index contributed by atoms with van der Waals surface area (Å²) in [5.74, 6) is -1.48. The Morgan fingerprint density at radius 3 is 2.39 bits per heavy atom. The smallest absolute Gasteiger partial charge is 0.270 e. The van der Waals surface area contributed by atoms with Crippen LogP contribution >= 0.6 is 0 Å². The van der Waals surface area contributed by atoms with Crippen LogP contribution in [-0.2, 0) is 16.6 Å². The maximum Gasteiger partial charge on any atom is 0.270 e. The number of amides is 2. The van der Waals surface area contributed by atoms with Gasteiger partial charge in [0.2, 0.25) is 0 Å². The van der Waals surface area contributed by atoms with Gasteiger partial charge in [0.1, 0.15) is 23.6 Å². The summed E-state index contributed by atoms with van der Waals surface area (Å²) in [4.78, 5) is 29.8. The van der Waals surface area contributed by atoms with Gasteiger partial charge in [0.25, 0.3) is 11.8 Å². The molecule has 0 radical (unpaired) electrons. The van der Waals surface area contributed by atoms with Gasteiger partial charge >= 0.3 is 0 Å². The average Bonchev–Trinajstić information content (AvgIpc) is 3.35. The number of likely N-dealkylation sites (tertiary alicyclic amines) is 1. The fraction of sp³-hybridized carbons (Fsp3) is 0.478. The molecule has 164 valence electrons. The highest BCUT2D eigenvalue weighted by Crippen LogP contribution is 2.47. The number of piperidine rings is 1. The van der Waals surface area contributed by atoms with Gasteiger partial charge in [0.15, 0.2) is 5.60 Å². The molecule has 0 unspecified atom stereocenters. The molecule has 1 aromatic carbocycles. The number of aromatic nitrogens is 1. The molecule has 5 rings (SSSR count). The molecule has 8 heteroatoms. The first-order valence-electron chi connectivity index (χ1n) is 10.7. The zero-order valence-electron chi connectivity index (χ0n) is 17.6. The molecule has 2 atom stereocenters. The lowest BCUT2D eigenvalue weighted by Gasteiger charge is -2.37. The first-order valence-corrected chi connectivity index (χ1v) is 10.7. The lowest BCUT2D eigenvalue weighted by molar-refractivity contribution is -0.142. The second-order valence-corrected chi connectivity index (χ2v) is 8.88. The Kier molecular flexibility index (Phi) is 4.66. The molecule has 3 fully saturated rings. The fourth-order valence-corrected chi connectivity index (χ4v) is 5.32. The number of hydrogen-bond donors (Lipinski definition) is 0. The van der Waals surface area contributed by atoms with E-state index in [1.807, 2.05) is 30.8 Å². The number of benzene rings is 1. The highest BCUT2D eigenvalue weighted by Gasteiger charge is 2.58. The van der Waals surface area contributed by atoms with Crippen LogP contribution in [0.2, 0.25) is 0 Å². The number of hydrogen-bond acceptors (Lipinski definition) is 3. The average molecular weight is 429 g/mol. The maximum absolute atomic E-state index is 13.7. The minimum atomic E-state index is -0.962. The van der Waals surface area contributed by atoms with Gasteiger partial charge in [-0.15, -0.1) is 0 Å². The van der Waals surface area contributed by atoms with Crippen molar-refractivity contribution in [3.63, 3.8) is 0 Å². The van der Waals surface area contributed by atoms with Crippen LogP contribution in [0, 0.1) is 18.6 Å². The number of aryl methyl sites for hydroxylation is 2. The molecule has 4 heterocycles. The third-order valence-corrected chi connectivity index (χ3v) is 6.81.